The van der Waals surface area contributed by atoms with E-state index >= 15 is 0 Å². The molecule has 110 valence electrons. The van der Waals surface area contributed by atoms with Gasteiger partial charge in [-0.25, -0.2) is 0 Å². The quantitative estimate of drug-likeness (QED) is 0.886. The Bertz CT molecular complexity index is 409. The molecule has 2 fully saturated rings. The number of nitrogens with one attached hydrogen (secondary N) is 1. The molecule has 2 aliphatic rings. The van der Waals surface area contributed by atoms with Gasteiger partial charge < -0.3 is 15.8 Å². The maximum absolute atomic E-state index is 6.14. The summed E-state index contributed by atoms with van der Waals surface area (Å²) in [6.07, 6.45) is 6.32. The molecule has 3 heteroatoms. The van der Waals surface area contributed by atoms with Gasteiger partial charge in [0.25, 0.3) is 0 Å². The molecule has 1 saturated carbocycles. The van der Waals surface area contributed by atoms with Crippen molar-refractivity contribution in [3.8, 4) is 0 Å². The molecule has 20 heavy (non-hydrogen) atoms. The predicted molar refractivity (Wildman–Crippen MR) is 81.8 cm³/mol. The Hall–Kier alpha value is -0.900. The van der Waals surface area contributed by atoms with Crippen molar-refractivity contribution in [3.63, 3.8) is 0 Å². The fraction of sp³-hybridized carbons (Fsp3) is 0.647. The Balaban J connectivity index is 1.46. The first-order chi connectivity index (χ1) is 9.83. The minimum absolute atomic E-state index is 0.259. The van der Waals surface area contributed by atoms with Crippen molar-refractivity contribution in [2.45, 2.75) is 56.2 Å². The monoisotopic (exact) mass is 274 g/mol. The Kier molecular flexibility index (Phi) is 4.71. The summed E-state index contributed by atoms with van der Waals surface area (Å²) in [5.41, 5.74) is 7.60. The van der Waals surface area contributed by atoms with E-state index in [1.807, 2.05) is 0 Å². The molecule has 0 bridgehead atoms. The van der Waals surface area contributed by atoms with Crippen LogP contribution in [-0.2, 0) is 4.74 Å². The highest BCUT2D eigenvalue weighted by atomic mass is 16.5. The second-order valence-corrected chi connectivity index (χ2v) is 6.24. The summed E-state index contributed by atoms with van der Waals surface area (Å²) < 4.78 is 6.12. The van der Waals surface area contributed by atoms with Crippen molar-refractivity contribution < 1.29 is 4.74 Å². The molecule has 4 unspecified atom stereocenters. The fourth-order valence-corrected chi connectivity index (χ4v) is 3.52. The van der Waals surface area contributed by atoms with Crippen LogP contribution < -0.4 is 11.1 Å². The Labute approximate surface area is 121 Å². The van der Waals surface area contributed by atoms with Crippen LogP contribution in [-0.4, -0.2) is 31.3 Å². The van der Waals surface area contributed by atoms with Gasteiger partial charge in [-0.05, 0) is 50.1 Å². The lowest BCUT2D eigenvalue weighted by molar-refractivity contribution is 0.0334. The normalized spacial score (nSPS) is 34.2. The Morgan fingerprint density at radius 3 is 2.80 bits per heavy atom. The third-order valence-electron chi connectivity index (χ3n) is 4.80. The van der Waals surface area contributed by atoms with Crippen LogP contribution in [0.1, 0.15) is 43.6 Å². The average Bonchev–Trinajstić information content (AvgIpc) is 2.96. The van der Waals surface area contributed by atoms with Crippen LogP contribution in [0.4, 0.5) is 0 Å². The van der Waals surface area contributed by atoms with Gasteiger partial charge in [0.2, 0.25) is 0 Å². The van der Waals surface area contributed by atoms with Gasteiger partial charge in [-0.15, -0.1) is 0 Å². The number of hydrogen-bond acceptors (Lipinski definition) is 3. The van der Waals surface area contributed by atoms with Gasteiger partial charge in [0.15, 0.2) is 0 Å². The standard InChI is InChI=1S/C17H26N2O/c18-16-7-4-10-19-17(16)12-20-15-9-8-14(11-15)13-5-2-1-3-6-13/h1-3,5-6,14-17,19H,4,7-12,18H2. The summed E-state index contributed by atoms with van der Waals surface area (Å²) in [6, 6.07) is 11.4. The SMILES string of the molecule is NC1CCCNC1COC1CCC(c2ccccc2)C1. The summed E-state index contributed by atoms with van der Waals surface area (Å²) in [7, 11) is 0. The van der Waals surface area contributed by atoms with Crippen LogP contribution in [0.5, 0.6) is 0 Å². The van der Waals surface area contributed by atoms with Crippen LogP contribution in [0.25, 0.3) is 0 Å². The summed E-state index contributed by atoms with van der Waals surface area (Å²) in [4.78, 5) is 0. The van der Waals surface area contributed by atoms with Gasteiger partial charge in [0.1, 0.15) is 0 Å². The highest BCUT2D eigenvalue weighted by molar-refractivity contribution is 5.20. The van der Waals surface area contributed by atoms with Crippen molar-refractivity contribution in [2.24, 2.45) is 5.73 Å². The zero-order valence-electron chi connectivity index (χ0n) is 12.1. The molecule has 0 aromatic heterocycles. The van der Waals surface area contributed by atoms with Gasteiger partial charge in [-0.3, -0.25) is 0 Å². The molecule has 1 aromatic carbocycles. The lowest BCUT2D eigenvalue weighted by atomic mass is 9.98. The van der Waals surface area contributed by atoms with Crippen molar-refractivity contribution in [3.05, 3.63) is 35.9 Å². The minimum Gasteiger partial charge on any atom is -0.377 e. The first-order valence-electron chi connectivity index (χ1n) is 7.98. The molecule has 1 aliphatic heterocycles. The van der Waals surface area contributed by atoms with Gasteiger partial charge in [0.05, 0.1) is 12.7 Å². The molecular weight excluding hydrogens is 248 g/mol. The molecule has 1 aromatic rings. The van der Waals surface area contributed by atoms with E-state index in [4.69, 9.17) is 10.5 Å². The maximum atomic E-state index is 6.14. The molecule has 1 heterocycles. The highest BCUT2D eigenvalue weighted by Gasteiger charge is 2.28. The molecule has 0 spiro atoms. The highest BCUT2D eigenvalue weighted by Crippen LogP contribution is 2.35. The zero-order chi connectivity index (χ0) is 13.8. The van der Waals surface area contributed by atoms with E-state index in [-0.39, 0.29) is 6.04 Å². The molecule has 3 nitrogen and oxygen atoms in total. The van der Waals surface area contributed by atoms with Gasteiger partial charge in [0, 0.05) is 12.1 Å². The molecule has 0 radical (unpaired) electrons. The van der Waals surface area contributed by atoms with Gasteiger partial charge in [-0.1, -0.05) is 30.3 Å². The number of rotatable bonds is 4. The third-order valence-corrected chi connectivity index (χ3v) is 4.80. The first kappa shape index (κ1) is 14.1. The van der Waals surface area contributed by atoms with Crippen LogP contribution in [0.2, 0.25) is 0 Å². The van der Waals surface area contributed by atoms with Crippen molar-refractivity contribution >= 4 is 0 Å². The van der Waals surface area contributed by atoms with Crippen molar-refractivity contribution in [1.82, 2.24) is 5.32 Å². The molecule has 1 aliphatic carbocycles. The van der Waals surface area contributed by atoms with Crippen molar-refractivity contribution in [1.29, 1.82) is 0 Å². The zero-order valence-corrected chi connectivity index (χ0v) is 12.1. The summed E-state index contributed by atoms with van der Waals surface area (Å²) in [5, 5.41) is 3.49. The number of hydrogen-bond donors (Lipinski definition) is 2. The molecule has 1 saturated heterocycles. The fourth-order valence-electron chi connectivity index (χ4n) is 3.52. The van der Waals surface area contributed by atoms with Crippen LogP contribution in [0.15, 0.2) is 30.3 Å². The van der Waals surface area contributed by atoms with E-state index in [0.29, 0.717) is 18.1 Å². The Morgan fingerprint density at radius 2 is 2.00 bits per heavy atom. The number of piperidine rings is 1. The number of nitrogens with two attached hydrogens (primary N) is 1. The van der Waals surface area contributed by atoms with Gasteiger partial charge in [-0.2, -0.15) is 0 Å². The van der Waals surface area contributed by atoms with E-state index in [9.17, 15) is 0 Å². The smallest absolute Gasteiger partial charge is 0.0638 e. The largest absolute Gasteiger partial charge is 0.377 e. The summed E-state index contributed by atoms with van der Waals surface area (Å²) >= 11 is 0. The number of benzene rings is 1. The summed E-state index contributed by atoms with van der Waals surface area (Å²) in [5.74, 6) is 0.675. The third kappa shape index (κ3) is 3.40. The molecule has 0 amide bonds. The first-order valence-corrected chi connectivity index (χ1v) is 7.98. The molecule has 4 atom stereocenters. The van der Waals surface area contributed by atoms with Gasteiger partial charge >= 0.3 is 0 Å². The van der Waals surface area contributed by atoms with E-state index in [1.165, 1.54) is 24.8 Å². The van der Waals surface area contributed by atoms with E-state index in [0.717, 1.165) is 26.0 Å². The Morgan fingerprint density at radius 1 is 1.15 bits per heavy atom. The predicted octanol–water partition coefficient (Wildman–Crippen LogP) is 2.42. The summed E-state index contributed by atoms with van der Waals surface area (Å²) in [6.45, 7) is 1.85. The van der Waals surface area contributed by atoms with Crippen LogP contribution >= 0.6 is 0 Å². The topological polar surface area (TPSA) is 47.3 Å². The van der Waals surface area contributed by atoms with E-state index in [1.54, 1.807) is 0 Å². The molecule has 3 N–H and O–H groups in total. The molecular formula is C17H26N2O. The lowest BCUT2D eigenvalue weighted by Gasteiger charge is -2.30. The van der Waals surface area contributed by atoms with E-state index < -0.39 is 0 Å². The number of ether oxygens (including phenoxy) is 1. The van der Waals surface area contributed by atoms with Crippen LogP contribution in [0.3, 0.4) is 0 Å². The maximum Gasteiger partial charge on any atom is 0.0638 e. The second-order valence-electron chi connectivity index (χ2n) is 6.24. The van der Waals surface area contributed by atoms with Crippen LogP contribution in [0, 0.1) is 0 Å². The minimum atomic E-state index is 0.259. The van der Waals surface area contributed by atoms with E-state index in [2.05, 4.69) is 35.6 Å². The second kappa shape index (κ2) is 6.70. The van der Waals surface area contributed by atoms with Crippen molar-refractivity contribution in [2.75, 3.05) is 13.2 Å². The average molecular weight is 274 g/mol. The lowest BCUT2D eigenvalue weighted by Crippen LogP contribution is -2.52. The molecule has 3 rings (SSSR count).